The van der Waals surface area contributed by atoms with Crippen molar-refractivity contribution < 1.29 is 4.79 Å². The number of hydrogen-bond donors (Lipinski definition) is 1. The van der Waals surface area contributed by atoms with Gasteiger partial charge in [-0.3, -0.25) is 4.79 Å². The quantitative estimate of drug-likeness (QED) is 0.742. The molecule has 2 heterocycles. The molecule has 21 heavy (non-hydrogen) atoms. The summed E-state index contributed by atoms with van der Waals surface area (Å²) < 4.78 is 0. The van der Waals surface area contributed by atoms with Gasteiger partial charge in [0.25, 0.3) is 5.91 Å². The second-order valence-electron chi connectivity index (χ2n) is 4.81. The van der Waals surface area contributed by atoms with Crippen molar-refractivity contribution in [3.8, 4) is 11.1 Å². The maximum Gasteiger partial charge on any atom is 0.251 e. The summed E-state index contributed by atoms with van der Waals surface area (Å²) in [5.41, 5.74) is 4.21. The molecule has 1 amide bonds. The molecule has 0 saturated carbocycles. The van der Waals surface area contributed by atoms with Crippen LogP contribution in [-0.4, -0.2) is 5.91 Å². The smallest absolute Gasteiger partial charge is 0.251 e. The van der Waals surface area contributed by atoms with Crippen molar-refractivity contribution in [2.75, 3.05) is 0 Å². The Morgan fingerprint density at radius 2 is 2.00 bits per heavy atom. The summed E-state index contributed by atoms with van der Waals surface area (Å²) in [7, 11) is 0. The highest BCUT2D eigenvalue weighted by Crippen LogP contribution is 2.27. The van der Waals surface area contributed by atoms with Crippen molar-refractivity contribution in [1.82, 2.24) is 5.32 Å². The Morgan fingerprint density at radius 3 is 2.76 bits per heavy atom. The molecule has 2 aromatic heterocycles. The van der Waals surface area contributed by atoms with E-state index in [1.165, 1.54) is 11.1 Å². The van der Waals surface area contributed by atoms with Crippen LogP contribution in [0, 0.1) is 6.92 Å². The monoisotopic (exact) mass is 313 g/mol. The van der Waals surface area contributed by atoms with Gasteiger partial charge in [0.1, 0.15) is 0 Å². The molecular formula is C17H15NOS2. The number of benzene rings is 1. The van der Waals surface area contributed by atoms with Gasteiger partial charge in [0.05, 0.1) is 6.54 Å². The Morgan fingerprint density at radius 1 is 1.14 bits per heavy atom. The summed E-state index contributed by atoms with van der Waals surface area (Å²) in [6, 6.07) is 11.9. The first-order valence-electron chi connectivity index (χ1n) is 6.68. The molecule has 0 aliphatic carbocycles. The fraction of sp³-hybridized carbons (Fsp3) is 0.118. The molecule has 1 aromatic carbocycles. The van der Waals surface area contributed by atoms with Gasteiger partial charge < -0.3 is 5.32 Å². The molecule has 0 saturated heterocycles. The fourth-order valence-electron chi connectivity index (χ4n) is 2.14. The second-order valence-corrected chi connectivity index (χ2v) is 6.59. The minimum absolute atomic E-state index is 0.0152. The van der Waals surface area contributed by atoms with Crippen LogP contribution in [0.25, 0.3) is 11.1 Å². The molecule has 1 N–H and O–H groups in total. The summed E-state index contributed by atoms with van der Waals surface area (Å²) in [6.07, 6.45) is 0. The number of nitrogens with one attached hydrogen (secondary N) is 1. The summed E-state index contributed by atoms with van der Waals surface area (Å²) in [4.78, 5) is 13.3. The zero-order valence-corrected chi connectivity index (χ0v) is 13.3. The minimum atomic E-state index is -0.0152. The molecule has 0 fully saturated rings. The van der Waals surface area contributed by atoms with Crippen LogP contribution in [-0.2, 0) is 6.54 Å². The molecule has 2 nitrogen and oxygen atoms in total. The van der Waals surface area contributed by atoms with E-state index in [9.17, 15) is 4.79 Å². The van der Waals surface area contributed by atoms with Gasteiger partial charge in [0.15, 0.2) is 0 Å². The molecular weight excluding hydrogens is 298 g/mol. The van der Waals surface area contributed by atoms with Crippen LogP contribution in [0.5, 0.6) is 0 Å². The van der Waals surface area contributed by atoms with Gasteiger partial charge in [-0.15, -0.1) is 11.3 Å². The molecule has 0 aliphatic rings. The van der Waals surface area contributed by atoms with E-state index < -0.39 is 0 Å². The summed E-state index contributed by atoms with van der Waals surface area (Å²) in [5.74, 6) is -0.0152. The Balaban J connectivity index is 1.66. The molecule has 106 valence electrons. The van der Waals surface area contributed by atoms with E-state index in [4.69, 9.17) is 0 Å². The SMILES string of the molecule is Cc1ccccc1C(=O)NCc1cc(-c2ccsc2)cs1. The van der Waals surface area contributed by atoms with Gasteiger partial charge >= 0.3 is 0 Å². The number of rotatable bonds is 4. The van der Waals surface area contributed by atoms with Crippen LogP contribution < -0.4 is 5.32 Å². The highest BCUT2D eigenvalue weighted by molar-refractivity contribution is 7.10. The topological polar surface area (TPSA) is 29.1 Å². The number of aryl methyl sites for hydroxylation is 1. The molecule has 0 bridgehead atoms. The lowest BCUT2D eigenvalue weighted by atomic mass is 10.1. The summed E-state index contributed by atoms with van der Waals surface area (Å²) in [6.45, 7) is 2.52. The van der Waals surface area contributed by atoms with Crippen molar-refractivity contribution in [2.24, 2.45) is 0 Å². The van der Waals surface area contributed by atoms with Crippen LogP contribution in [0.15, 0.2) is 52.5 Å². The minimum Gasteiger partial charge on any atom is -0.347 e. The fourth-order valence-corrected chi connectivity index (χ4v) is 3.64. The molecule has 4 heteroatoms. The van der Waals surface area contributed by atoms with E-state index in [0.717, 1.165) is 16.0 Å². The van der Waals surface area contributed by atoms with Crippen LogP contribution in [0.4, 0.5) is 0 Å². The predicted octanol–water partition coefficient (Wildman–Crippen LogP) is 4.72. The first-order chi connectivity index (χ1) is 10.2. The lowest BCUT2D eigenvalue weighted by molar-refractivity contribution is 0.0950. The van der Waals surface area contributed by atoms with Gasteiger partial charge in [0.2, 0.25) is 0 Å². The summed E-state index contributed by atoms with van der Waals surface area (Å²) >= 11 is 3.37. The maximum absolute atomic E-state index is 12.2. The number of hydrogen-bond acceptors (Lipinski definition) is 3. The highest BCUT2D eigenvalue weighted by atomic mass is 32.1. The molecule has 0 aliphatic heterocycles. The lowest BCUT2D eigenvalue weighted by Gasteiger charge is -2.06. The first-order valence-corrected chi connectivity index (χ1v) is 8.50. The van der Waals surface area contributed by atoms with Crippen molar-refractivity contribution in [2.45, 2.75) is 13.5 Å². The predicted molar refractivity (Wildman–Crippen MR) is 90.0 cm³/mol. The van der Waals surface area contributed by atoms with E-state index in [2.05, 4.69) is 33.6 Å². The average molecular weight is 313 g/mol. The van der Waals surface area contributed by atoms with Crippen LogP contribution in [0.1, 0.15) is 20.8 Å². The standard InChI is InChI=1S/C17H15NOS2/c1-12-4-2-3-5-16(12)17(19)18-9-15-8-14(11-21-15)13-6-7-20-10-13/h2-8,10-11H,9H2,1H3,(H,18,19). The van der Waals surface area contributed by atoms with Crippen LogP contribution in [0.3, 0.4) is 0 Å². The average Bonchev–Trinajstić information content (AvgIpc) is 3.16. The molecule has 0 radical (unpaired) electrons. The third-order valence-corrected chi connectivity index (χ3v) is 4.94. The van der Waals surface area contributed by atoms with E-state index >= 15 is 0 Å². The Hall–Kier alpha value is -1.91. The van der Waals surface area contributed by atoms with Gasteiger partial charge in [-0.05, 0) is 58.0 Å². The number of carbonyl (C=O) groups is 1. The molecule has 3 rings (SSSR count). The van der Waals surface area contributed by atoms with Gasteiger partial charge in [-0.2, -0.15) is 11.3 Å². The number of thiophene rings is 2. The van der Waals surface area contributed by atoms with E-state index in [0.29, 0.717) is 6.54 Å². The third kappa shape index (κ3) is 3.23. The van der Waals surface area contributed by atoms with Crippen molar-refractivity contribution in [3.05, 3.63) is 68.5 Å². The largest absolute Gasteiger partial charge is 0.347 e. The Bertz CT molecular complexity index is 744. The molecule has 3 aromatic rings. The normalized spacial score (nSPS) is 10.5. The number of amides is 1. The number of carbonyl (C=O) groups excluding carboxylic acids is 1. The first kappa shape index (κ1) is 14.0. The van der Waals surface area contributed by atoms with E-state index in [1.807, 2.05) is 31.2 Å². The molecule has 0 spiro atoms. The lowest BCUT2D eigenvalue weighted by Crippen LogP contribution is -2.23. The van der Waals surface area contributed by atoms with Crippen molar-refractivity contribution >= 4 is 28.6 Å². The van der Waals surface area contributed by atoms with E-state index in [-0.39, 0.29) is 5.91 Å². The van der Waals surface area contributed by atoms with Gasteiger partial charge in [-0.1, -0.05) is 18.2 Å². The van der Waals surface area contributed by atoms with Crippen molar-refractivity contribution in [1.29, 1.82) is 0 Å². The molecule has 0 atom stereocenters. The highest BCUT2D eigenvalue weighted by Gasteiger charge is 2.09. The maximum atomic E-state index is 12.2. The van der Waals surface area contributed by atoms with E-state index in [1.54, 1.807) is 22.7 Å². The van der Waals surface area contributed by atoms with Crippen LogP contribution >= 0.6 is 22.7 Å². The van der Waals surface area contributed by atoms with Gasteiger partial charge in [0, 0.05) is 10.4 Å². The summed E-state index contributed by atoms with van der Waals surface area (Å²) in [5, 5.41) is 9.34. The molecule has 0 unspecified atom stereocenters. The van der Waals surface area contributed by atoms with Crippen molar-refractivity contribution in [3.63, 3.8) is 0 Å². The Kier molecular flexibility index (Phi) is 4.18. The second kappa shape index (κ2) is 6.24. The van der Waals surface area contributed by atoms with Gasteiger partial charge in [-0.25, -0.2) is 0 Å². The Labute approximate surface area is 132 Å². The zero-order valence-electron chi connectivity index (χ0n) is 11.6. The zero-order chi connectivity index (χ0) is 14.7. The third-order valence-electron chi connectivity index (χ3n) is 3.32. The van der Waals surface area contributed by atoms with Crippen LogP contribution in [0.2, 0.25) is 0 Å².